The number of hydrogen-bond acceptors (Lipinski definition) is 4. The average Bonchev–Trinajstić information content (AvgIpc) is 3.24. The highest BCUT2D eigenvalue weighted by Gasteiger charge is 2.32. The highest BCUT2D eigenvalue weighted by Crippen LogP contribution is 2.33. The SMILES string of the molecule is O=C(c1cnn(-c2ccccc2)c1)N1CCN(c2ncc(C(F)(F)F)cc2Cl)CC1. The molecule has 0 aliphatic carbocycles. The molecule has 1 saturated heterocycles. The average molecular weight is 436 g/mol. The Hall–Kier alpha value is -3.07. The summed E-state index contributed by atoms with van der Waals surface area (Å²) in [6, 6.07) is 10.3. The molecule has 1 aliphatic rings. The third kappa shape index (κ3) is 4.11. The Morgan fingerprint density at radius 3 is 2.37 bits per heavy atom. The van der Waals surface area contributed by atoms with Crippen molar-refractivity contribution < 1.29 is 18.0 Å². The number of carbonyl (C=O) groups excluding carboxylic acids is 1. The standard InChI is InChI=1S/C20H17ClF3N5O/c21-17-10-15(20(22,23)24)12-25-18(17)27-6-8-28(9-7-27)19(30)14-11-26-29(13-14)16-4-2-1-3-5-16/h1-5,10-13H,6-9H2. The lowest BCUT2D eigenvalue weighted by Gasteiger charge is -2.35. The first-order chi connectivity index (χ1) is 14.3. The van der Waals surface area contributed by atoms with Crippen LogP contribution in [0.2, 0.25) is 5.02 Å². The fraction of sp³-hybridized carbons (Fsp3) is 0.250. The second-order valence-electron chi connectivity index (χ2n) is 6.82. The number of nitrogens with zero attached hydrogens (tertiary/aromatic N) is 5. The van der Waals surface area contributed by atoms with Crippen LogP contribution in [0.1, 0.15) is 15.9 Å². The number of piperazine rings is 1. The number of carbonyl (C=O) groups is 1. The van der Waals surface area contributed by atoms with Crippen molar-refractivity contribution in [2.24, 2.45) is 0 Å². The van der Waals surface area contributed by atoms with E-state index in [2.05, 4.69) is 10.1 Å². The van der Waals surface area contributed by atoms with Crippen molar-refractivity contribution in [3.63, 3.8) is 0 Å². The minimum Gasteiger partial charge on any atom is -0.352 e. The van der Waals surface area contributed by atoms with Crippen LogP contribution in [-0.2, 0) is 6.18 Å². The molecule has 2 aromatic heterocycles. The number of benzene rings is 1. The topological polar surface area (TPSA) is 54.3 Å². The molecule has 1 fully saturated rings. The molecule has 0 bridgehead atoms. The first-order valence-electron chi connectivity index (χ1n) is 9.20. The van der Waals surface area contributed by atoms with Crippen molar-refractivity contribution in [1.29, 1.82) is 0 Å². The number of aromatic nitrogens is 3. The largest absolute Gasteiger partial charge is 0.417 e. The van der Waals surface area contributed by atoms with Gasteiger partial charge in [-0.2, -0.15) is 18.3 Å². The highest BCUT2D eigenvalue weighted by molar-refractivity contribution is 6.33. The Bertz CT molecular complexity index is 1050. The second-order valence-corrected chi connectivity index (χ2v) is 7.22. The molecule has 1 aromatic carbocycles. The van der Waals surface area contributed by atoms with Crippen LogP contribution in [0.4, 0.5) is 19.0 Å². The molecule has 1 amide bonds. The zero-order valence-electron chi connectivity index (χ0n) is 15.7. The summed E-state index contributed by atoms with van der Waals surface area (Å²) in [6.45, 7) is 1.62. The molecule has 0 unspecified atom stereocenters. The molecule has 0 radical (unpaired) electrons. The van der Waals surface area contributed by atoms with Crippen LogP contribution in [0.15, 0.2) is 55.0 Å². The molecule has 1 aliphatic heterocycles. The molecule has 0 spiro atoms. The number of hydrogen-bond donors (Lipinski definition) is 0. The summed E-state index contributed by atoms with van der Waals surface area (Å²) in [7, 11) is 0. The monoisotopic (exact) mass is 435 g/mol. The lowest BCUT2D eigenvalue weighted by atomic mass is 10.2. The molecule has 0 atom stereocenters. The van der Waals surface area contributed by atoms with E-state index in [9.17, 15) is 18.0 Å². The van der Waals surface area contributed by atoms with Gasteiger partial charge in [-0.25, -0.2) is 9.67 Å². The number of rotatable bonds is 3. The van der Waals surface area contributed by atoms with Gasteiger partial charge in [0.05, 0.1) is 28.0 Å². The van der Waals surface area contributed by atoms with E-state index in [1.54, 1.807) is 20.7 Å². The summed E-state index contributed by atoms with van der Waals surface area (Å²) in [6.07, 6.45) is -0.518. The number of alkyl halides is 3. The van der Waals surface area contributed by atoms with E-state index in [4.69, 9.17) is 11.6 Å². The Labute approximate surface area is 175 Å². The third-order valence-electron chi connectivity index (χ3n) is 4.87. The van der Waals surface area contributed by atoms with E-state index in [0.29, 0.717) is 31.7 Å². The predicted molar refractivity (Wildman–Crippen MR) is 106 cm³/mol. The van der Waals surface area contributed by atoms with Crippen LogP contribution in [0, 0.1) is 0 Å². The van der Waals surface area contributed by atoms with E-state index in [0.717, 1.165) is 18.0 Å². The number of anilines is 1. The van der Waals surface area contributed by atoms with Gasteiger partial charge in [0.2, 0.25) is 0 Å². The molecule has 156 valence electrons. The summed E-state index contributed by atoms with van der Waals surface area (Å²) in [5.41, 5.74) is 0.433. The minimum absolute atomic E-state index is 0.0614. The van der Waals surface area contributed by atoms with Crippen LogP contribution < -0.4 is 4.90 Å². The molecule has 30 heavy (non-hydrogen) atoms. The maximum absolute atomic E-state index is 12.8. The van der Waals surface area contributed by atoms with E-state index < -0.39 is 11.7 Å². The Balaban J connectivity index is 1.41. The fourth-order valence-corrected chi connectivity index (χ4v) is 3.56. The fourth-order valence-electron chi connectivity index (χ4n) is 3.28. The molecule has 3 aromatic rings. The molecule has 6 nitrogen and oxygen atoms in total. The smallest absolute Gasteiger partial charge is 0.352 e. The van der Waals surface area contributed by atoms with Crippen LogP contribution in [0.3, 0.4) is 0 Å². The number of amides is 1. The molecule has 10 heteroatoms. The lowest BCUT2D eigenvalue weighted by molar-refractivity contribution is -0.137. The van der Waals surface area contributed by atoms with Crippen molar-refractivity contribution in [2.75, 3.05) is 31.1 Å². The first kappa shape index (κ1) is 20.2. The van der Waals surface area contributed by atoms with Gasteiger partial charge in [-0.1, -0.05) is 29.8 Å². The summed E-state index contributed by atoms with van der Waals surface area (Å²) < 4.78 is 40.0. The van der Waals surface area contributed by atoms with Crippen LogP contribution in [0.5, 0.6) is 0 Å². The van der Waals surface area contributed by atoms with Crippen molar-refractivity contribution in [1.82, 2.24) is 19.7 Å². The zero-order chi connectivity index (χ0) is 21.3. The Kier molecular flexibility index (Phi) is 5.38. The van der Waals surface area contributed by atoms with Gasteiger partial charge in [-0.3, -0.25) is 4.79 Å². The molecule has 0 N–H and O–H groups in total. The van der Waals surface area contributed by atoms with Crippen LogP contribution in [-0.4, -0.2) is 51.8 Å². The molecule has 3 heterocycles. The molecule has 4 rings (SSSR count). The van der Waals surface area contributed by atoms with Gasteiger partial charge in [0, 0.05) is 38.6 Å². The lowest BCUT2D eigenvalue weighted by Crippen LogP contribution is -2.49. The van der Waals surface area contributed by atoms with E-state index in [1.165, 1.54) is 6.20 Å². The van der Waals surface area contributed by atoms with Crippen molar-refractivity contribution in [3.05, 3.63) is 71.1 Å². The Morgan fingerprint density at radius 1 is 1.03 bits per heavy atom. The second kappa shape index (κ2) is 7.98. The zero-order valence-corrected chi connectivity index (χ0v) is 16.4. The van der Waals surface area contributed by atoms with Gasteiger partial charge in [-0.15, -0.1) is 0 Å². The number of pyridine rings is 1. The first-order valence-corrected chi connectivity index (χ1v) is 9.58. The molecular formula is C20H17ClF3N5O. The van der Waals surface area contributed by atoms with E-state index in [-0.39, 0.29) is 16.7 Å². The third-order valence-corrected chi connectivity index (χ3v) is 5.14. The number of para-hydroxylation sites is 1. The predicted octanol–water partition coefficient (Wildman–Crippen LogP) is 3.90. The minimum atomic E-state index is -4.50. The van der Waals surface area contributed by atoms with Gasteiger partial charge in [0.25, 0.3) is 5.91 Å². The molecule has 0 saturated carbocycles. The molecular weight excluding hydrogens is 419 g/mol. The van der Waals surface area contributed by atoms with Gasteiger partial charge in [-0.05, 0) is 18.2 Å². The van der Waals surface area contributed by atoms with Gasteiger partial charge in [0.15, 0.2) is 0 Å². The van der Waals surface area contributed by atoms with Crippen molar-refractivity contribution in [2.45, 2.75) is 6.18 Å². The van der Waals surface area contributed by atoms with Gasteiger partial charge >= 0.3 is 6.18 Å². The van der Waals surface area contributed by atoms with Gasteiger partial charge < -0.3 is 9.80 Å². The Morgan fingerprint density at radius 2 is 1.73 bits per heavy atom. The maximum atomic E-state index is 12.8. The summed E-state index contributed by atoms with van der Waals surface area (Å²) in [5.74, 6) is 0.136. The van der Waals surface area contributed by atoms with Crippen molar-refractivity contribution in [3.8, 4) is 5.69 Å². The quantitative estimate of drug-likeness (QED) is 0.626. The van der Waals surface area contributed by atoms with E-state index in [1.807, 2.05) is 30.3 Å². The highest BCUT2D eigenvalue weighted by atomic mass is 35.5. The summed E-state index contributed by atoms with van der Waals surface area (Å²) in [4.78, 5) is 20.1. The van der Waals surface area contributed by atoms with Gasteiger partial charge in [0.1, 0.15) is 5.82 Å². The normalized spacial score (nSPS) is 14.8. The van der Waals surface area contributed by atoms with E-state index >= 15 is 0 Å². The van der Waals surface area contributed by atoms with Crippen molar-refractivity contribution >= 4 is 23.3 Å². The summed E-state index contributed by atoms with van der Waals surface area (Å²) in [5, 5.41) is 4.18. The van der Waals surface area contributed by atoms with Crippen LogP contribution >= 0.6 is 11.6 Å². The van der Waals surface area contributed by atoms with Crippen LogP contribution in [0.25, 0.3) is 5.69 Å². The maximum Gasteiger partial charge on any atom is 0.417 e. The summed E-state index contributed by atoms with van der Waals surface area (Å²) >= 11 is 6.03. The number of halogens is 4.